The minimum atomic E-state index is -0.0147. The van der Waals surface area contributed by atoms with E-state index in [1.54, 1.807) is 13.2 Å². The van der Waals surface area contributed by atoms with Gasteiger partial charge in [0, 0.05) is 23.9 Å². The van der Waals surface area contributed by atoms with Crippen molar-refractivity contribution >= 4 is 28.8 Å². The second-order valence-corrected chi connectivity index (χ2v) is 5.76. The molecule has 0 radical (unpaired) electrons. The lowest BCUT2D eigenvalue weighted by Crippen LogP contribution is -2.29. The fourth-order valence-electron chi connectivity index (χ4n) is 1.79. The predicted molar refractivity (Wildman–Crippen MR) is 70.2 cm³/mol. The molecule has 0 spiro atoms. The molecule has 5 heteroatoms. The van der Waals surface area contributed by atoms with Gasteiger partial charge in [-0.3, -0.25) is 4.79 Å². The molecule has 0 aromatic carbocycles. The van der Waals surface area contributed by atoms with Crippen molar-refractivity contribution in [2.45, 2.75) is 19.3 Å². The summed E-state index contributed by atoms with van der Waals surface area (Å²) in [5.74, 6) is 1.39. The smallest absolute Gasteiger partial charge is 0.261 e. The third-order valence-electron chi connectivity index (χ3n) is 3.24. The largest absolute Gasteiger partial charge is 0.496 e. The van der Waals surface area contributed by atoms with E-state index < -0.39 is 0 Å². The molecule has 2 rings (SSSR count). The number of ether oxygens (including phenoxy) is 1. The molecule has 94 valence electrons. The predicted octanol–water partition coefficient (Wildman–Crippen LogP) is 2.90. The van der Waals surface area contributed by atoms with Crippen LogP contribution in [0.1, 0.15) is 28.9 Å². The Morgan fingerprint density at radius 1 is 1.65 bits per heavy atom. The Kier molecular flexibility index (Phi) is 3.94. The number of amides is 1. The van der Waals surface area contributed by atoms with Crippen molar-refractivity contribution < 1.29 is 9.53 Å². The summed E-state index contributed by atoms with van der Waals surface area (Å²) < 4.78 is 5.05. The Hall–Kier alpha value is -0.740. The van der Waals surface area contributed by atoms with Crippen LogP contribution in [0, 0.1) is 5.41 Å². The third-order valence-corrected chi connectivity index (χ3v) is 4.34. The number of alkyl halides is 1. The van der Waals surface area contributed by atoms with Crippen molar-refractivity contribution in [2.24, 2.45) is 5.41 Å². The fraction of sp³-hybridized carbons (Fsp3) is 0.583. The van der Waals surface area contributed by atoms with Gasteiger partial charge in [-0.2, -0.15) is 0 Å². The summed E-state index contributed by atoms with van der Waals surface area (Å²) in [6.45, 7) is 0.735. The molecule has 0 atom stereocenters. The van der Waals surface area contributed by atoms with Gasteiger partial charge in [-0.05, 0) is 24.7 Å². The van der Waals surface area contributed by atoms with E-state index in [1.165, 1.54) is 24.2 Å². The quantitative estimate of drug-likeness (QED) is 0.810. The average molecular weight is 274 g/mol. The molecule has 1 aromatic rings. The van der Waals surface area contributed by atoms with Crippen LogP contribution in [0.2, 0.25) is 0 Å². The molecule has 1 saturated carbocycles. The van der Waals surface area contributed by atoms with E-state index in [0.29, 0.717) is 10.8 Å². The number of carbonyl (C=O) groups excluding carboxylic acids is 1. The van der Waals surface area contributed by atoms with Crippen molar-refractivity contribution in [3.63, 3.8) is 0 Å². The van der Waals surface area contributed by atoms with Crippen LogP contribution in [0.5, 0.6) is 5.75 Å². The number of methoxy groups -OCH3 is 1. The Balaban J connectivity index is 1.85. The van der Waals surface area contributed by atoms with Gasteiger partial charge in [0.15, 0.2) is 0 Å². The zero-order valence-corrected chi connectivity index (χ0v) is 11.4. The molecule has 17 heavy (non-hydrogen) atoms. The van der Waals surface area contributed by atoms with Gasteiger partial charge in [0.2, 0.25) is 0 Å². The molecule has 1 aliphatic carbocycles. The Labute approximate surface area is 110 Å². The minimum Gasteiger partial charge on any atom is -0.496 e. The van der Waals surface area contributed by atoms with Crippen LogP contribution in [0.25, 0.3) is 0 Å². The number of nitrogens with one attached hydrogen (secondary N) is 1. The molecule has 1 amide bonds. The molecule has 1 aromatic heterocycles. The van der Waals surface area contributed by atoms with E-state index in [4.69, 9.17) is 16.3 Å². The highest BCUT2D eigenvalue weighted by Gasteiger charge is 2.41. The number of thiophene rings is 1. The monoisotopic (exact) mass is 273 g/mol. The number of hydrogen-bond donors (Lipinski definition) is 1. The standard InChI is InChI=1S/C12H16ClNO2S/c1-16-9-6-10(17-7-9)11(15)14-8-12(2-3-12)4-5-13/h6-7H,2-5,8H2,1H3,(H,14,15). The molecule has 1 aliphatic rings. The maximum absolute atomic E-state index is 11.9. The van der Waals surface area contributed by atoms with Crippen molar-refractivity contribution in [3.8, 4) is 5.75 Å². The van der Waals surface area contributed by atoms with Crippen LogP contribution < -0.4 is 10.1 Å². The van der Waals surface area contributed by atoms with E-state index >= 15 is 0 Å². The van der Waals surface area contributed by atoms with Crippen molar-refractivity contribution in [1.82, 2.24) is 5.32 Å². The normalized spacial score (nSPS) is 16.6. The summed E-state index contributed by atoms with van der Waals surface area (Å²) in [7, 11) is 1.60. The van der Waals surface area contributed by atoms with Crippen molar-refractivity contribution in [2.75, 3.05) is 19.5 Å². The van der Waals surface area contributed by atoms with E-state index in [0.717, 1.165) is 18.7 Å². The second kappa shape index (κ2) is 5.27. The lowest BCUT2D eigenvalue weighted by molar-refractivity contribution is 0.0948. The summed E-state index contributed by atoms with van der Waals surface area (Å²) in [5, 5.41) is 4.82. The Bertz CT molecular complexity index is 401. The van der Waals surface area contributed by atoms with Crippen LogP contribution in [-0.2, 0) is 0 Å². The molecular formula is C12H16ClNO2S. The van der Waals surface area contributed by atoms with Crippen molar-refractivity contribution in [3.05, 3.63) is 16.3 Å². The van der Waals surface area contributed by atoms with E-state index in [1.807, 2.05) is 5.38 Å². The summed E-state index contributed by atoms with van der Waals surface area (Å²) in [5.41, 5.74) is 0.277. The van der Waals surface area contributed by atoms with Crippen LogP contribution >= 0.6 is 22.9 Å². The molecular weight excluding hydrogens is 258 g/mol. The molecule has 0 aliphatic heterocycles. The van der Waals surface area contributed by atoms with Gasteiger partial charge in [0.1, 0.15) is 5.75 Å². The fourth-order valence-corrected chi connectivity index (χ4v) is 2.96. The van der Waals surface area contributed by atoms with Crippen LogP contribution in [0.3, 0.4) is 0 Å². The first kappa shape index (κ1) is 12.7. The number of rotatable bonds is 6. The molecule has 0 unspecified atom stereocenters. The van der Waals surface area contributed by atoms with Gasteiger partial charge in [0.25, 0.3) is 5.91 Å². The van der Waals surface area contributed by atoms with Gasteiger partial charge < -0.3 is 10.1 Å². The van der Waals surface area contributed by atoms with Crippen LogP contribution in [-0.4, -0.2) is 25.4 Å². The molecule has 1 fully saturated rings. The zero-order valence-electron chi connectivity index (χ0n) is 9.79. The van der Waals surface area contributed by atoms with Crippen LogP contribution in [0.15, 0.2) is 11.4 Å². The number of carbonyl (C=O) groups is 1. The molecule has 1 N–H and O–H groups in total. The summed E-state index contributed by atoms with van der Waals surface area (Å²) in [4.78, 5) is 12.6. The molecule has 0 saturated heterocycles. The van der Waals surface area contributed by atoms with Gasteiger partial charge in [-0.25, -0.2) is 0 Å². The van der Waals surface area contributed by atoms with Gasteiger partial charge in [-0.1, -0.05) is 0 Å². The maximum Gasteiger partial charge on any atom is 0.261 e. The van der Waals surface area contributed by atoms with Gasteiger partial charge in [-0.15, -0.1) is 22.9 Å². The zero-order chi connectivity index (χ0) is 12.3. The van der Waals surface area contributed by atoms with Gasteiger partial charge in [0.05, 0.1) is 12.0 Å². The summed E-state index contributed by atoms with van der Waals surface area (Å²) >= 11 is 7.16. The first-order valence-electron chi connectivity index (χ1n) is 5.66. The highest BCUT2D eigenvalue weighted by molar-refractivity contribution is 7.12. The first-order chi connectivity index (χ1) is 8.19. The molecule has 1 heterocycles. The lowest BCUT2D eigenvalue weighted by atomic mass is 10.0. The number of hydrogen-bond acceptors (Lipinski definition) is 3. The highest BCUT2D eigenvalue weighted by atomic mass is 35.5. The SMILES string of the molecule is COc1csc(C(=O)NCC2(CCCl)CC2)c1. The minimum absolute atomic E-state index is 0.0147. The summed E-state index contributed by atoms with van der Waals surface area (Å²) in [6.07, 6.45) is 3.34. The van der Waals surface area contributed by atoms with E-state index in [-0.39, 0.29) is 11.3 Å². The van der Waals surface area contributed by atoms with E-state index in [2.05, 4.69) is 5.32 Å². The van der Waals surface area contributed by atoms with E-state index in [9.17, 15) is 4.79 Å². The topological polar surface area (TPSA) is 38.3 Å². The van der Waals surface area contributed by atoms with Crippen molar-refractivity contribution in [1.29, 1.82) is 0 Å². The number of halogens is 1. The first-order valence-corrected chi connectivity index (χ1v) is 7.07. The van der Waals surface area contributed by atoms with Crippen LogP contribution in [0.4, 0.5) is 0 Å². The average Bonchev–Trinajstić information content (AvgIpc) is 2.93. The van der Waals surface area contributed by atoms with Gasteiger partial charge >= 0.3 is 0 Å². The molecule has 3 nitrogen and oxygen atoms in total. The second-order valence-electron chi connectivity index (χ2n) is 4.47. The Morgan fingerprint density at radius 2 is 2.41 bits per heavy atom. The molecule has 0 bridgehead atoms. The third kappa shape index (κ3) is 3.13. The Morgan fingerprint density at radius 3 is 2.94 bits per heavy atom. The lowest BCUT2D eigenvalue weighted by Gasteiger charge is -2.13. The highest BCUT2D eigenvalue weighted by Crippen LogP contribution is 2.48. The maximum atomic E-state index is 11.9. The summed E-state index contributed by atoms with van der Waals surface area (Å²) in [6, 6.07) is 1.77.